The Morgan fingerprint density at radius 3 is 2.47 bits per heavy atom. The Balaban J connectivity index is 1.83. The van der Waals surface area contributed by atoms with Crippen LogP contribution < -0.4 is 10.1 Å². The number of carbonyl (C=O) groups excluding carboxylic acids is 1. The number of nitrogens with zero attached hydrogens (tertiary/aromatic N) is 3. The third-order valence-electron chi connectivity index (χ3n) is 6.34. The summed E-state index contributed by atoms with van der Waals surface area (Å²) in [5.74, 6) is -1.72. The number of carbonyl (C=O) groups is 2. The summed E-state index contributed by atoms with van der Waals surface area (Å²) in [5, 5.41) is 16.6. The van der Waals surface area contributed by atoms with Crippen LogP contribution in [0.4, 0.5) is 5.69 Å². The van der Waals surface area contributed by atoms with Gasteiger partial charge < -0.3 is 19.9 Å². The van der Waals surface area contributed by atoms with Crippen molar-refractivity contribution in [1.82, 2.24) is 14.1 Å². The molecule has 2 aromatic carbocycles. The van der Waals surface area contributed by atoms with E-state index in [1.807, 2.05) is 6.92 Å². The van der Waals surface area contributed by atoms with Gasteiger partial charge in [-0.1, -0.05) is 32.0 Å². The summed E-state index contributed by atoms with van der Waals surface area (Å²) in [6.45, 7) is 6.04. The minimum absolute atomic E-state index is 0.0323. The standard InChI is InChI=1S/C26H30N4O7S/c1-4-17(2)24(31)27-19-10-11-21(22(16-19)38(34,35)29-12-14-36-15-13-29)37-25-18(3)23(26(32)33)28-30(25)20-8-6-5-7-9-20/h5-11,16-17H,4,12-15H2,1-3H3,(H,27,31)(H,32,33). The number of nitrogens with one attached hydrogen (secondary N) is 1. The monoisotopic (exact) mass is 542 g/mol. The Morgan fingerprint density at radius 1 is 1.16 bits per heavy atom. The number of aromatic carboxylic acids is 1. The fraction of sp³-hybridized carbons (Fsp3) is 0.346. The number of rotatable bonds is 9. The predicted molar refractivity (Wildman–Crippen MR) is 139 cm³/mol. The smallest absolute Gasteiger partial charge is 0.356 e. The van der Waals surface area contributed by atoms with Gasteiger partial charge in [0.1, 0.15) is 10.6 Å². The molecule has 1 atom stereocenters. The molecule has 1 amide bonds. The molecule has 2 heterocycles. The number of hydrogen-bond acceptors (Lipinski definition) is 7. The fourth-order valence-corrected chi connectivity index (χ4v) is 5.45. The first kappa shape index (κ1) is 27.3. The molecule has 3 aromatic rings. The van der Waals surface area contributed by atoms with E-state index in [1.165, 1.54) is 21.1 Å². The number of amides is 1. The number of sulfonamides is 1. The third-order valence-corrected chi connectivity index (χ3v) is 8.26. The molecule has 0 aliphatic carbocycles. The minimum atomic E-state index is -4.07. The van der Waals surface area contributed by atoms with Gasteiger partial charge in [-0.25, -0.2) is 13.2 Å². The molecular formula is C26H30N4O7S. The van der Waals surface area contributed by atoms with E-state index in [0.717, 1.165) is 0 Å². The van der Waals surface area contributed by atoms with Gasteiger partial charge in [-0.3, -0.25) is 4.79 Å². The van der Waals surface area contributed by atoms with Gasteiger partial charge in [-0.15, -0.1) is 0 Å². The number of morpholine rings is 1. The zero-order valence-electron chi connectivity index (χ0n) is 21.4. The van der Waals surface area contributed by atoms with Crippen LogP contribution in [0.25, 0.3) is 5.69 Å². The molecule has 12 heteroatoms. The van der Waals surface area contributed by atoms with Gasteiger partial charge in [0.05, 0.1) is 18.9 Å². The van der Waals surface area contributed by atoms with E-state index in [0.29, 0.717) is 17.8 Å². The molecule has 0 radical (unpaired) electrons. The molecule has 2 N–H and O–H groups in total. The van der Waals surface area contributed by atoms with Gasteiger partial charge >= 0.3 is 5.97 Å². The molecular weight excluding hydrogens is 512 g/mol. The van der Waals surface area contributed by atoms with E-state index in [2.05, 4.69) is 10.4 Å². The van der Waals surface area contributed by atoms with Gasteiger partial charge in [0.2, 0.25) is 21.8 Å². The molecule has 1 aliphatic heterocycles. The van der Waals surface area contributed by atoms with Crippen molar-refractivity contribution in [3.05, 3.63) is 59.8 Å². The number of carboxylic acids is 1. The van der Waals surface area contributed by atoms with Crippen LogP contribution in [-0.2, 0) is 19.6 Å². The second-order valence-corrected chi connectivity index (χ2v) is 10.8. The summed E-state index contributed by atoms with van der Waals surface area (Å²) in [6.07, 6.45) is 0.626. The van der Waals surface area contributed by atoms with Gasteiger partial charge in [0, 0.05) is 30.3 Å². The Kier molecular flexibility index (Phi) is 8.14. The zero-order valence-corrected chi connectivity index (χ0v) is 22.2. The van der Waals surface area contributed by atoms with E-state index in [1.54, 1.807) is 50.2 Å². The molecule has 1 saturated heterocycles. The average molecular weight is 543 g/mol. The number of ether oxygens (including phenoxy) is 2. The summed E-state index contributed by atoms with van der Waals surface area (Å²) < 4.78 is 41.6. The summed E-state index contributed by atoms with van der Waals surface area (Å²) in [5.41, 5.74) is 0.839. The molecule has 4 rings (SSSR count). The molecule has 1 aliphatic rings. The molecule has 11 nitrogen and oxygen atoms in total. The molecule has 202 valence electrons. The van der Waals surface area contributed by atoms with Crippen molar-refractivity contribution in [3.63, 3.8) is 0 Å². The molecule has 0 spiro atoms. The summed E-state index contributed by atoms with van der Waals surface area (Å²) in [4.78, 5) is 24.2. The van der Waals surface area contributed by atoms with Gasteiger partial charge in [-0.05, 0) is 43.7 Å². The largest absolute Gasteiger partial charge is 0.476 e. The average Bonchev–Trinajstić information content (AvgIpc) is 3.25. The number of carboxylic acid groups (broad SMARTS) is 1. The first-order valence-corrected chi connectivity index (χ1v) is 13.7. The Bertz CT molecular complexity index is 1430. The number of benzene rings is 2. The van der Waals surface area contributed by atoms with E-state index >= 15 is 0 Å². The van der Waals surface area contributed by atoms with Crippen LogP contribution in [0.1, 0.15) is 36.3 Å². The second-order valence-electron chi connectivity index (χ2n) is 8.91. The van der Waals surface area contributed by atoms with Crippen molar-refractivity contribution < 1.29 is 32.6 Å². The van der Waals surface area contributed by atoms with Crippen LogP contribution >= 0.6 is 0 Å². The van der Waals surface area contributed by atoms with Gasteiger partial charge in [0.15, 0.2) is 5.69 Å². The second kappa shape index (κ2) is 11.3. The van der Waals surface area contributed by atoms with E-state index in [9.17, 15) is 23.1 Å². The molecule has 0 saturated carbocycles. The third kappa shape index (κ3) is 5.57. The van der Waals surface area contributed by atoms with Crippen LogP contribution in [0.2, 0.25) is 0 Å². The van der Waals surface area contributed by atoms with Crippen LogP contribution in [0, 0.1) is 12.8 Å². The summed E-state index contributed by atoms with van der Waals surface area (Å²) in [7, 11) is -4.07. The number of hydrogen-bond donors (Lipinski definition) is 2. The molecule has 1 fully saturated rings. The highest BCUT2D eigenvalue weighted by atomic mass is 32.2. The topological polar surface area (TPSA) is 140 Å². The Labute approximate surface area is 221 Å². The van der Waals surface area contributed by atoms with Gasteiger partial charge in [-0.2, -0.15) is 14.1 Å². The maximum atomic E-state index is 13.7. The van der Waals surface area contributed by atoms with Gasteiger partial charge in [0.25, 0.3) is 0 Å². The normalized spacial score (nSPS) is 15.1. The minimum Gasteiger partial charge on any atom is -0.476 e. The predicted octanol–water partition coefficient (Wildman–Crippen LogP) is 3.68. The molecule has 0 bridgehead atoms. The van der Waals surface area contributed by atoms with Crippen molar-refractivity contribution in [1.29, 1.82) is 0 Å². The quantitative estimate of drug-likeness (QED) is 0.417. The van der Waals surface area contributed by atoms with Crippen LogP contribution in [-0.4, -0.2) is 65.8 Å². The lowest BCUT2D eigenvalue weighted by Gasteiger charge is -2.27. The van der Waals surface area contributed by atoms with Crippen molar-refractivity contribution in [2.24, 2.45) is 5.92 Å². The van der Waals surface area contributed by atoms with E-state index < -0.39 is 16.0 Å². The lowest BCUT2D eigenvalue weighted by atomic mass is 10.1. The van der Waals surface area contributed by atoms with Crippen LogP contribution in [0.15, 0.2) is 53.4 Å². The van der Waals surface area contributed by atoms with Crippen LogP contribution in [0.3, 0.4) is 0 Å². The first-order chi connectivity index (χ1) is 18.1. The first-order valence-electron chi connectivity index (χ1n) is 12.2. The fourth-order valence-electron chi connectivity index (χ4n) is 3.90. The maximum Gasteiger partial charge on any atom is 0.356 e. The SMILES string of the molecule is CCC(C)C(=O)Nc1ccc(Oc2c(C)c(C(=O)O)nn2-c2ccccc2)c(S(=O)(=O)N2CCOCC2)c1. The van der Waals surface area contributed by atoms with E-state index in [4.69, 9.17) is 9.47 Å². The highest BCUT2D eigenvalue weighted by molar-refractivity contribution is 7.89. The van der Waals surface area contributed by atoms with Crippen molar-refractivity contribution in [3.8, 4) is 17.3 Å². The lowest BCUT2D eigenvalue weighted by molar-refractivity contribution is -0.119. The van der Waals surface area contributed by atoms with Crippen molar-refractivity contribution in [2.75, 3.05) is 31.6 Å². The van der Waals surface area contributed by atoms with Crippen molar-refractivity contribution >= 4 is 27.6 Å². The highest BCUT2D eigenvalue weighted by Gasteiger charge is 2.31. The molecule has 1 unspecified atom stereocenters. The van der Waals surface area contributed by atoms with Crippen LogP contribution in [0.5, 0.6) is 11.6 Å². The Morgan fingerprint density at radius 2 is 1.84 bits per heavy atom. The number of aromatic nitrogens is 2. The number of para-hydroxylation sites is 1. The molecule has 1 aromatic heterocycles. The zero-order chi connectivity index (χ0) is 27.4. The number of anilines is 1. The highest BCUT2D eigenvalue weighted by Crippen LogP contribution is 2.36. The summed E-state index contributed by atoms with van der Waals surface area (Å²) in [6, 6.07) is 13.1. The molecule has 38 heavy (non-hydrogen) atoms. The maximum absolute atomic E-state index is 13.7. The Hall–Kier alpha value is -3.74. The van der Waals surface area contributed by atoms with E-state index in [-0.39, 0.29) is 65.9 Å². The lowest BCUT2D eigenvalue weighted by Crippen LogP contribution is -2.40. The van der Waals surface area contributed by atoms with Crippen molar-refractivity contribution in [2.45, 2.75) is 32.1 Å². The summed E-state index contributed by atoms with van der Waals surface area (Å²) >= 11 is 0.